The van der Waals surface area contributed by atoms with Gasteiger partial charge in [0.1, 0.15) is 5.82 Å². The van der Waals surface area contributed by atoms with Gasteiger partial charge in [-0.05, 0) is 35.1 Å². The first kappa shape index (κ1) is 16.9. The zero-order valence-corrected chi connectivity index (χ0v) is 14.7. The molecule has 0 aliphatic heterocycles. The van der Waals surface area contributed by atoms with Gasteiger partial charge in [-0.1, -0.05) is 68.4 Å². The number of rotatable bonds is 5. The average molecular weight is 329 g/mol. The van der Waals surface area contributed by atoms with Gasteiger partial charge in [-0.3, -0.25) is 5.41 Å². The molecule has 3 N–H and O–H groups in total. The SMILES string of the molecule is CC(C)c1ccnc(N)c1C(=N)c1ccc(Cc2ccccc2)cc1. The van der Waals surface area contributed by atoms with Gasteiger partial charge in [0.25, 0.3) is 0 Å². The van der Waals surface area contributed by atoms with E-state index in [2.05, 4.69) is 55.2 Å². The Morgan fingerprint density at radius 3 is 2.24 bits per heavy atom. The second kappa shape index (κ2) is 7.31. The minimum atomic E-state index is 0.290. The van der Waals surface area contributed by atoms with Crippen molar-refractivity contribution < 1.29 is 0 Å². The fourth-order valence-electron chi connectivity index (χ4n) is 3.01. The van der Waals surface area contributed by atoms with Crippen molar-refractivity contribution in [1.29, 1.82) is 5.41 Å². The van der Waals surface area contributed by atoms with Crippen molar-refractivity contribution >= 4 is 11.5 Å². The van der Waals surface area contributed by atoms with Crippen LogP contribution in [-0.4, -0.2) is 10.7 Å². The number of hydrogen-bond donors (Lipinski definition) is 2. The zero-order chi connectivity index (χ0) is 17.8. The molecule has 0 atom stereocenters. The summed E-state index contributed by atoms with van der Waals surface area (Å²) in [4.78, 5) is 4.18. The predicted molar refractivity (Wildman–Crippen MR) is 104 cm³/mol. The van der Waals surface area contributed by atoms with Gasteiger partial charge in [0, 0.05) is 17.3 Å². The second-order valence-corrected chi connectivity index (χ2v) is 6.55. The van der Waals surface area contributed by atoms with Gasteiger partial charge in [-0.25, -0.2) is 4.98 Å². The van der Waals surface area contributed by atoms with Crippen LogP contribution in [0.25, 0.3) is 0 Å². The molecule has 0 unspecified atom stereocenters. The van der Waals surface area contributed by atoms with Gasteiger partial charge < -0.3 is 5.73 Å². The third-order valence-corrected chi connectivity index (χ3v) is 4.38. The Hall–Kier alpha value is -2.94. The van der Waals surface area contributed by atoms with Crippen molar-refractivity contribution in [2.45, 2.75) is 26.2 Å². The van der Waals surface area contributed by atoms with E-state index in [1.54, 1.807) is 6.20 Å². The molecule has 0 saturated heterocycles. The van der Waals surface area contributed by atoms with Crippen molar-refractivity contribution in [3.8, 4) is 0 Å². The minimum Gasteiger partial charge on any atom is -0.383 e. The first-order chi connectivity index (χ1) is 12.1. The standard InChI is InChI=1S/C22H23N3/c1-15(2)19-12-13-25-22(24)20(19)21(23)18-10-8-17(9-11-18)14-16-6-4-3-5-7-16/h3-13,15,23H,14H2,1-2H3,(H2,24,25). The molecule has 1 heterocycles. The molecule has 0 aliphatic rings. The van der Waals surface area contributed by atoms with E-state index in [0.29, 0.717) is 11.5 Å². The number of hydrogen-bond acceptors (Lipinski definition) is 3. The molecule has 126 valence electrons. The molecule has 0 bridgehead atoms. The summed E-state index contributed by atoms with van der Waals surface area (Å²) in [5.74, 6) is 0.711. The van der Waals surface area contributed by atoms with Crippen LogP contribution in [0.2, 0.25) is 0 Å². The minimum absolute atomic E-state index is 0.290. The Bertz CT molecular complexity index is 866. The summed E-state index contributed by atoms with van der Waals surface area (Å²) in [7, 11) is 0. The molecular formula is C22H23N3. The molecule has 0 fully saturated rings. The van der Waals surface area contributed by atoms with Crippen molar-refractivity contribution in [1.82, 2.24) is 4.98 Å². The van der Waals surface area contributed by atoms with Crippen LogP contribution in [0.15, 0.2) is 66.9 Å². The third kappa shape index (κ3) is 3.77. The molecule has 3 heteroatoms. The fraction of sp³-hybridized carbons (Fsp3) is 0.182. The number of anilines is 1. The van der Waals surface area contributed by atoms with Crippen molar-refractivity contribution in [3.05, 3.63) is 94.7 Å². The quantitative estimate of drug-likeness (QED) is 0.661. The molecule has 3 aromatic rings. The number of benzene rings is 2. The first-order valence-corrected chi connectivity index (χ1v) is 8.53. The lowest BCUT2D eigenvalue weighted by Crippen LogP contribution is -2.11. The van der Waals surface area contributed by atoms with E-state index in [1.165, 1.54) is 11.1 Å². The van der Waals surface area contributed by atoms with Crippen LogP contribution >= 0.6 is 0 Å². The van der Waals surface area contributed by atoms with Gasteiger partial charge in [0.05, 0.1) is 5.71 Å². The summed E-state index contributed by atoms with van der Waals surface area (Å²) in [6.07, 6.45) is 2.60. The van der Waals surface area contributed by atoms with E-state index < -0.39 is 0 Å². The summed E-state index contributed by atoms with van der Waals surface area (Å²) in [5, 5.41) is 8.62. The van der Waals surface area contributed by atoms with Crippen molar-refractivity contribution in [2.24, 2.45) is 0 Å². The molecule has 2 aromatic carbocycles. The molecule has 1 aromatic heterocycles. The number of nitrogens with one attached hydrogen (secondary N) is 1. The molecule has 0 amide bonds. The summed E-state index contributed by atoms with van der Waals surface area (Å²) >= 11 is 0. The Morgan fingerprint density at radius 1 is 0.960 bits per heavy atom. The van der Waals surface area contributed by atoms with Crippen molar-refractivity contribution in [2.75, 3.05) is 5.73 Å². The first-order valence-electron chi connectivity index (χ1n) is 8.53. The van der Waals surface area contributed by atoms with E-state index in [-0.39, 0.29) is 5.92 Å². The highest BCUT2D eigenvalue weighted by Crippen LogP contribution is 2.25. The summed E-state index contributed by atoms with van der Waals surface area (Å²) in [6, 6.07) is 20.5. The van der Waals surface area contributed by atoms with Crippen LogP contribution in [0, 0.1) is 5.41 Å². The predicted octanol–water partition coefficient (Wildman–Crippen LogP) is 4.79. The van der Waals surface area contributed by atoms with Crippen LogP contribution in [0.4, 0.5) is 5.82 Å². The maximum Gasteiger partial charge on any atom is 0.133 e. The zero-order valence-electron chi connectivity index (χ0n) is 14.7. The molecule has 0 aliphatic carbocycles. The van der Waals surface area contributed by atoms with E-state index in [4.69, 9.17) is 11.1 Å². The van der Waals surface area contributed by atoms with E-state index in [9.17, 15) is 0 Å². The highest BCUT2D eigenvalue weighted by molar-refractivity contribution is 6.14. The number of nitrogens with zero attached hydrogens (tertiary/aromatic N) is 1. The Balaban J connectivity index is 1.87. The maximum atomic E-state index is 8.62. The van der Waals surface area contributed by atoms with Crippen LogP contribution in [0.3, 0.4) is 0 Å². The monoisotopic (exact) mass is 329 g/mol. The van der Waals surface area contributed by atoms with Gasteiger partial charge in [0.2, 0.25) is 0 Å². The topological polar surface area (TPSA) is 62.8 Å². The van der Waals surface area contributed by atoms with Gasteiger partial charge in [0.15, 0.2) is 0 Å². The normalized spacial score (nSPS) is 10.8. The van der Waals surface area contributed by atoms with Gasteiger partial charge in [-0.15, -0.1) is 0 Å². The van der Waals surface area contributed by atoms with Crippen LogP contribution in [-0.2, 0) is 6.42 Å². The summed E-state index contributed by atoms with van der Waals surface area (Å²) in [6.45, 7) is 4.21. The van der Waals surface area contributed by atoms with E-state index in [1.807, 2.05) is 24.3 Å². The Morgan fingerprint density at radius 2 is 1.60 bits per heavy atom. The largest absolute Gasteiger partial charge is 0.383 e. The molecule has 3 rings (SSSR count). The van der Waals surface area contributed by atoms with E-state index >= 15 is 0 Å². The van der Waals surface area contributed by atoms with Crippen LogP contribution in [0.1, 0.15) is 47.6 Å². The molecular weight excluding hydrogens is 306 g/mol. The average Bonchev–Trinajstić information content (AvgIpc) is 2.62. The number of aromatic nitrogens is 1. The fourth-order valence-corrected chi connectivity index (χ4v) is 3.01. The van der Waals surface area contributed by atoms with Crippen LogP contribution in [0.5, 0.6) is 0 Å². The number of nitrogens with two attached hydrogens (primary N) is 1. The lowest BCUT2D eigenvalue weighted by Gasteiger charge is -2.15. The molecule has 0 saturated carbocycles. The molecule has 3 nitrogen and oxygen atoms in total. The second-order valence-electron chi connectivity index (χ2n) is 6.55. The lowest BCUT2D eigenvalue weighted by atomic mass is 9.92. The number of nitrogen functional groups attached to an aromatic ring is 1. The van der Waals surface area contributed by atoms with Crippen LogP contribution < -0.4 is 5.73 Å². The highest BCUT2D eigenvalue weighted by atomic mass is 14.8. The Kier molecular flexibility index (Phi) is 4.94. The summed E-state index contributed by atoms with van der Waals surface area (Å²) < 4.78 is 0. The molecule has 0 spiro atoms. The smallest absolute Gasteiger partial charge is 0.133 e. The molecule has 0 radical (unpaired) electrons. The number of pyridine rings is 1. The van der Waals surface area contributed by atoms with Crippen molar-refractivity contribution in [3.63, 3.8) is 0 Å². The lowest BCUT2D eigenvalue weighted by molar-refractivity contribution is 0.861. The van der Waals surface area contributed by atoms with E-state index in [0.717, 1.165) is 23.1 Å². The highest BCUT2D eigenvalue weighted by Gasteiger charge is 2.16. The summed E-state index contributed by atoms with van der Waals surface area (Å²) in [5.41, 5.74) is 11.7. The van der Waals surface area contributed by atoms with Gasteiger partial charge in [-0.2, -0.15) is 0 Å². The Labute approximate surface area is 149 Å². The third-order valence-electron chi connectivity index (χ3n) is 4.38. The molecule has 25 heavy (non-hydrogen) atoms. The maximum absolute atomic E-state index is 8.62. The van der Waals surface area contributed by atoms with Gasteiger partial charge >= 0.3 is 0 Å².